The summed E-state index contributed by atoms with van der Waals surface area (Å²) in [6.07, 6.45) is 1.57. The van der Waals surface area contributed by atoms with Crippen LogP contribution in [0, 0.1) is 0 Å². The summed E-state index contributed by atoms with van der Waals surface area (Å²) in [7, 11) is 0. The fourth-order valence-electron chi connectivity index (χ4n) is 1.04. The number of hydrogen-bond donors (Lipinski definition) is 1. The fourth-order valence-corrected chi connectivity index (χ4v) is 2.65. The van der Waals surface area contributed by atoms with Crippen LogP contribution in [0.25, 0.3) is 0 Å². The first-order chi connectivity index (χ1) is 8.15. The molecule has 2 aromatic heterocycles. The molecular formula is C10H6Br2N2O2S. The molecule has 0 aliphatic carbocycles. The van der Waals surface area contributed by atoms with Gasteiger partial charge in [0.2, 0.25) is 0 Å². The van der Waals surface area contributed by atoms with Crippen LogP contribution in [0.3, 0.4) is 0 Å². The Morgan fingerprint density at radius 3 is 2.76 bits per heavy atom. The van der Waals surface area contributed by atoms with Gasteiger partial charge in [-0.05, 0) is 56.1 Å². The molecule has 0 aromatic carbocycles. The average Bonchev–Trinajstić information content (AvgIpc) is 2.88. The molecule has 17 heavy (non-hydrogen) atoms. The Morgan fingerprint density at radius 1 is 1.35 bits per heavy atom. The third kappa shape index (κ3) is 3.52. The van der Waals surface area contributed by atoms with Crippen molar-refractivity contribution in [2.45, 2.75) is 0 Å². The van der Waals surface area contributed by atoms with E-state index in [0.29, 0.717) is 4.67 Å². The molecule has 1 amide bonds. The van der Waals surface area contributed by atoms with Gasteiger partial charge >= 0.3 is 5.91 Å². The predicted octanol–water partition coefficient (Wildman–Crippen LogP) is 3.63. The quantitative estimate of drug-likeness (QED) is 0.655. The molecule has 0 saturated heterocycles. The van der Waals surface area contributed by atoms with E-state index in [1.807, 2.05) is 12.1 Å². The fraction of sp³-hybridized carbons (Fsp3) is 0. The molecule has 2 heterocycles. The number of carbonyl (C=O) groups excluding carboxylic acids is 1. The van der Waals surface area contributed by atoms with Crippen LogP contribution in [0.5, 0.6) is 0 Å². The van der Waals surface area contributed by atoms with Crippen molar-refractivity contribution in [2.24, 2.45) is 5.10 Å². The lowest BCUT2D eigenvalue weighted by Crippen LogP contribution is -2.16. The first kappa shape index (κ1) is 12.5. The Morgan fingerprint density at radius 2 is 2.18 bits per heavy atom. The highest BCUT2D eigenvalue weighted by Gasteiger charge is 2.08. The summed E-state index contributed by atoms with van der Waals surface area (Å²) >= 11 is 7.99. The highest BCUT2D eigenvalue weighted by atomic mass is 79.9. The van der Waals surface area contributed by atoms with Gasteiger partial charge in [-0.3, -0.25) is 4.79 Å². The van der Waals surface area contributed by atoms with Crippen molar-refractivity contribution in [3.8, 4) is 0 Å². The van der Waals surface area contributed by atoms with Gasteiger partial charge in [-0.2, -0.15) is 5.10 Å². The molecule has 0 aliphatic heterocycles. The van der Waals surface area contributed by atoms with Gasteiger partial charge in [-0.25, -0.2) is 5.43 Å². The number of halogens is 2. The topological polar surface area (TPSA) is 54.6 Å². The van der Waals surface area contributed by atoms with Crippen molar-refractivity contribution in [3.05, 3.63) is 43.4 Å². The lowest BCUT2D eigenvalue weighted by atomic mass is 10.4. The van der Waals surface area contributed by atoms with Crippen LogP contribution < -0.4 is 5.43 Å². The van der Waals surface area contributed by atoms with Gasteiger partial charge in [0, 0.05) is 4.88 Å². The summed E-state index contributed by atoms with van der Waals surface area (Å²) in [5.41, 5.74) is 2.38. The van der Waals surface area contributed by atoms with Crippen molar-refractivity contribution < 1.29 is 9.21 Å². The summed E-state index contributed by atoms with van der Waals surface area (Å²) in [4.78, 5) is 12.5. The summed E-state index contributed by atoms with van der Waals surface area (Å²) in [6.45, 7) is 0. The van der Waals surface area contributed by atoms with E-state index in [-0.39, 0.29) is 11.7 Å². The lowest BCUT2D eigenvalue weighted by Gasteiger charge is -1.93. The maximum absolute atomic E-state index is 11.5. The van der Waals surface area contributed by atoms with E-state index in [4.69, 9.17) is 4.42 Å². The normalized spacial score (nSPS) is 10.9. The number of carbonyl (C=O) groups is 1. The van der Waals surface area contributed by atoms with Crippen molar-refractivity contribution in [3.63, 3.8) is 0 Å². The molecule has 0 radical (unpaired) electrons. The molecule has 0 atom stereocenters. The van der Waals surface area contributed by atoms with Crippen LogP contribution in [0.15, 0.2) is 42.2 Å². The van der Waals surface area contributed by atoms with E-state index in [1.165, 1.54) is 11.3 Å². The molecule has 88 valence electrons. The van der Waals surface area contributed by atoms with E-state index in [2.05, 4.69) is 42.4 Å². The third-order valence-electron chi connectivity index (χ3n) is 1.75. The molecule has 7 heteroatoms. The minimum Gasteiger partial charge on any atom is -0.444 e. The first-order valence-electron chi connectivity index (χ1n) is 4.49. The number of furan rings is 1. The van der Waals surface area contributed by atoms with Crippen LogP contribution in [0.1, 0.15) is 15.4 Å². The maximum Gasteiger partial charge on any atom is 0.307 e. The zero-order valence-corrected chi connectivity index (χ0v) is 12.3. The summed E-state index contributed by atoms with van der Waals surface area (Å²) in [5, 5.41) is 3.83. The van der Waals surface area contributed by atoms with E-state index >= 15 is 0 Å². The van der Waals surface area contributed by atoms with Crippen LogP contribution in [0.2, 0.25) is 0 Å². The third-order valence-corrected chi connectivity index (χ3v) is 3.73. The molecule has 2 rings (SSSR count). The molecule has 0 bridgehead atoms. The average molecular weight is 378 g/mol. The van der Waals surface area contributed by atoms with Crippen LogP contribution in [-0.4, -0.2) is 12.1 Å². The van der Waals surface area contributed by atoms with Crippen molar-refractivity contribution in [1.82, 2.24) is 5.43 Å². The van der Waals surface area contributed by atoms with Crippen LogP contribution in [-0.2, 0) is 0 Å². The van der Waals surface area contributed by atoms with Gasteiger partial charge in [0.05, 0.1) is 10.0 Å². The lowest BCUT2D eigenvalue weighted by molar-refractivity contribution is 0.0926. The molecule has 0 aliphatic rings. The SMILES string of the molecule is O=C(N/N=C\c1ccc(Br)s1)c1ccc(Br)o1. The second-order valence-corrected chi connectivity index (χ2v) is 6.22. The number of nitrogens with zero attached hydrogens (tertiary/aromatic N) is 1. The smallest absolute Gasteiger partial charge is 0.307 e. The molecule has 1 N–H and O–H groups in total. The Kier molecular flexibility index (Phi) is 4.14. The summed E-state index contributed by atoms with van der Waals surface area (Å²) in [6, 6.07) is 7.02. The number of hydrogen-bond acceptors (Lipinski definition) is 4. The maximum atomic E-state index is 11.5. The highest BCUT2D eigenvalue weighted by molar-refractivity contribution is 9.11. The minimum absolute atomic E-state index is 0.210. The van der Waals surface area contributed by atoms with Crippen molar-refractivity contribution >= 4 is 55.3 Å². The Bertz CT molecular complexity index is 562. The number of thiophene rings is 1. The van der Waals surface area contributed by atoms with Crippen LogP contribution >= 0.6 is 43.2 Å². The Hall–Kier alpha value is -0.920. The second-order valence-electron chi connectivity index (χ2n) is 2.94. The molecule has 2 aromatic rings. The molecule has 0 unspecified atom stereocenters. The summed E-state index contributed by atoms with van der Waals surface area (Å²) in [5.74, 6) is -0.177. The zero-order chi connectivity index (χ0) is 12.3. The van der Waals surface area contributed by atoms with Gasteiger partial charge in [0.25, 0.3) is 0 Å². The molecule has 4 nitrogen and oxygen atoms in total. The van der Waals surface area contributed by atoms with E-state index < -0.39 is 0 Å². The first-order valence-corrected chi connectivity index (χ1v) is 6.89. The number of amides is 1. The largest absolute Gasteiger partial charge is 0.444 e. The van der Waals surface area contributed by atoms with Crippen molar-refractivity contribution in [1.29, 1.82) is 0 Å². The standard InChI is InChI=1S/C10H6Br2N2O2S/c11-8-3-2-7(16-8)10(15)14-13-5-6-1-4-9(12)17-6/h1-5H,(H,14,15)/b13-5-. The highest BCUT2D eigenvalue weighted by Crippen LogP contribution is 2.20. The summed E-state index contributed by atoms with van der Waals surface area (Å²) < 4.78 is 6.60. The van der Waals surface area contributed by atoms with Crippen molar-refractivity contribution in [2.75, 3.05) is 0 Å². The number of nitrogens with one attached hydrogen (secondary N) is 1. The van der Waals surface area contributed by atoms with Crippen LogP contribution in [0.4, 0.5) is 0 Å². The van der Waals surface area contributed by atoms with Gasteiger partial charge in [-0.15, -0.1) is 11.3 Å². The molecule has 0 spiro atoms. The number of rotatable bonds is 3. The van der Waals surface area contributed by atoms with Gasteiger partial charge in [0.1, 0.15) is 0 Å². The Labute approximate surface area is 118 Å². The number of hydrazone groups is 1. The predicted molar refractivity (Wildman–Crippen MR) is 73.5 cm³/mol. The molecular weight excluding hydrogens is 372 g/mol. The zero-order valence-electron chi connectivity index (χ0n) is 8.31. The van der Waals surface area contributed by atoms with E-state index in [9.17, 15) is 4.79 Å². The Balaban J connectivity index is 1.94. The second kappa shape index (κ2) is 5.61. The monoisotopic (exact) mass is 376 g/mol. The van der Waals surface area contributed by atoms with Gasteiger partial charge in [-0.1, -0.05) is 0 Å². The van der Waals surface area contributed by atoms with E-state index in [0.717, 1.165) is 8.66 Å². The molecule has 0 saturated carbocycles. The van der Waals surface area contributed by atoms with E-state index in [1.54, 1.807) is 18.3 Å². The van der Waals surface area contributed by atoms with Gasteiger partial charge in [0.15, 0.2) is 10.4 Å². The van der Waals surface area contributed by atoms with Gasteiger partial charge < -0.3 is 4.42 Å². The molecule has 0 fully saturated rings. The minimum atomic E-state index is -0.387.